The highest BCUT2D eigenvalue weighted by molar-refractivity contribution is 5.46. The van der Waals surface area contributed by atoms with E-state index < -0.39 is 0 Å². The van der Waals surface area contributed by atoms with Gasteiger partial charge in [-0.2, -0.15) is 5.10 Å². The number of fused-ring (bicyclic) bond motifs is 1. The van der Waals surface area contributed by atoms with E-state index in [0.29, 0.717) is 11.3 Å². The van der Waals surface area contributed by atoms with E-state index in [1.165, 1.54) is 44.9 Å². The standard InChI is InChI=1S/C18H27N3O/c1-18(2)9-6-4-3-5-7-14(11-18)16-8-10-21-17(20-16)15(13-22)12-19-21/h8,10,12,14,22H,3-7,9,11,13H2,1-2H3. The lowest BCUT2D eigenvalue weighted by Crippen LogP contribution is -2.16. The van der Waals surface area contributed by atoms with Gasteiger partial charge in [-0.05, 0) is 30.7 Å². The molecule has 22 heavy (non-hydrogen) atoms. The first-order valence-corrected chi connectivity index (χ1v) is 8.53. The van der Waals surface area contributed by atoms with Gasteiger partial charge in [0.25, 0.3) is 0 Å². The molecule has 0 spiro atoms. The fourth-order valence-electron chi connectivity index (χ4n) is 3.74. The highest BCUT2D eigenvalue weighted by Gasteiger charge is 2.26. The van der Waals surface area contributed by atoms with Crippen LogP contribution in [0.5, 0.6) is 0 Å². The Kier molecular flexibility index (Phi) is 4.48. The summed E-state index contributed by atoms with van der Waals surface area (Å²) in [7, 11) is 0. The zero-order valence-electron chi connectivity index (χ0n) is 13.8. The lowest BCUT2D eigenvalue weighted by Gasteiger charge is -2.28. The van der Waals surface area contributed by atoms with Crippen molar-refractivity contribution in [2.24, 2.45) is 5.41 Å². The van der Waals surface area contributed by atoms with Gasteiger partial charge in [0.2, 0.25) is 0 Å². The molecule has 1 aliphatic carbocycles. The van der Waals surface area contributed by atoms with Crippen LogP contribution in [0.1, 0.15) is 76.0 Å². The average molecular weight is 301 g/mol. The molecule has 1 saturated carbocycles. The maximum atomic E-state index is 9.43. The first-order valence-electron chi connectivity index (χ1n) is 8.53. The Morgan fingerprint density at radius 3 is 2.91 bits per heavy atom. The smallest absolute Gasteiger partial charge is 0.160 e. The molecule has 120 valence electrons. The first-order chi connectivity index (χ1) is 10.6. The van der Waals surface area contributed by atoms with Crippen molar-refractivity contribution in [2.75, 3.05) is 0 Å². The number of hydrogen-bond donors (Lipinski definition) is 1. The van der Waals surface area contributed by atoms with Gasteiger partial charge in [0.1, 0.15) is 0 Å². The highest BCUT2D eigenvalue weighted by Crippen LogP contribution is 2.39. The summed E-state index contributed by atoms with van der Waals surface area (Å²) < 4.78 is 1.76. The molecule has 2 heterocycles. The highest BCUT2D eigenvalue weighted by atomic mass is 16.3. The van der Waals surface area contributed by atoms with Gasteiger partial charge in [0.15, 0.2) is 5.65 Å². The summed E-state index contributed by atoms with van der Waals surface area (Å²) in [4.78, 5) is 4.84. The summed E-state index contributed by atoms with van der Waals surface area (Å²) in [6, 6.07) is 2.11. The molecule has 4 heteroatoms. The Balaban J connectivity index is 1.92. The fourth-order valence-corrected chi connectivity index (χ4v) is 3.74. The van der Waals surface area contributed by atoms with Gasteiger partial charge in [-0.25, -0.2) is 9.50 Å². The molecule has 1 fully saturated rings. The molecule has 0 aromatic carbocycles. The summed E-state index contributed by atoms with van der Waals surface area (Å²) >= 11 is 0. The van der Waals surface area contributed by atoms with E-state index in [1.807, 2.05) is 6.20 Å². The lowest BCUT2D eigenvalue weighted by molar-refractivity contribution is 0.272. The number of aliphatic hydroxyl groups is 1. The van der Waals surface area contributed by atoms with Crippen molar-refractivity contribution in [3.63, 3.8) is 0 Å². The van der Waals surface area contributed by atoms with Crippen LogP contribution in [0.2, 0.25) is 0 Å². The van der Waals surface area contributed by atoms with Gasteiger partial charge in [-0.1, -0.05) is 39.5 Å². The van der Waals surface area contributed by atoms with Crippen LogP contribution in [-0.2, 0) is 6.61 Å². The van der Waals surface area contributed by atoms with Crippen LogP contribution in [0, 0.1) is 5.41 Å². The molecule has 1 aliphatic rings. The van der Waals surface area contributed by atoms with E-state index >= 15 is 0 Å². The third-order valence-electron chi connectivity index (χ3n) is 5.01. The van der Waals surface area contributed by atoms with Gasteiger partial charge in [-0.3, -0.25) is 0 Å². The molecule has 4 nitrogen and oxygen atoms in total. The van der Waals surface area contributed by atoms with E-state index in [-0.39, 0.29) is 6.61 Å². The Bertz CT molecular complexity index is 632. The molecule has 0 bridgehead atoms. The van der Waals surface area contributed by atoms with Crippen LogP contribution < -0.4 is 0 Å². The predicted octanol–water partition coefficient (Wildman–Crippen LogP) is 4.08. The molecule has 2 aromatic rings. The van der Waals surface area contributed by atoms with E-state index in [2.05, 4.69) is 25.0 Å². The molecule has 1 unspecified atom stereocenters. The second-order valence-electron chi connectivity index (χ2n) is 7.47. The lowest BCUT2D eigenvalue weighted by atomic mass is 9.77. The summed E-state index contributed by atoms with van der Waals surface area (Å²) in [5.74, 6) is 0.513. The molecule has 1 atom stereocenters. The maximum Gasteiger partial charge on any atom is 0.160 e. The summed E-state index contributed by atoms with van der Waals surface area (Å²) in [6.07, 6.45) is 12.7. The van der Waals surface area contributed by atoms with Crippen LogP contribution >= 0.6 is 0 Å². The monoisotopic (exact) mass is 301 g/mol. The predicted molar refractivity (Wildman–Crippen MR) is 87.8 cm³/mol. The quantitative estimate of drug-likeness (QED) is 0.909. The molecule has 1 N–H and O–H groups in total. The van der Waals surface area contributed by atoms with E-state index in [1.54, 1.807) is 10.7 Å². The number of aliphatic hydroxyl groups excluding tert-OH is 1. The van der Waals surface area contributed by atoms with Crippen LogP contribution in [0.25, 0.3) is 5.65 Å². The third kappa shape index (κ3) is 3.32. The average Bonchev–Trinajstić information content (AvgIpc) is 2.93. The van der Waals surface area contributed by atoms with Gasteiger partial charge >= 0.3 is 0 Å². The van der Waals surface area contributed by atoms with E-state index in [0.717, 1.165) is 16.9 Å². The molecule has 0 amide bonds. The summed E-state index contributed by atoms with van der Waals surface area (Å²) in [6.45, 7) is 4.78. The zero-order chi connectivity index (χ0) is 15.6. The number of hydrogen-bond acceptors (Lipinski definition) is 3. The van der Waals surface area contributed by atoms with Gasteiger partial charge in [0.05, 0.1) is 12.8 Å². The van der Waals surface area contributed by atoms with E-state index in [9.17, 15) is 5.11 Å². The Morgan fingerprint density at radius 2 is 2.09 bits per heavy atom. The van der Waals surface area contributed by atoms with Crippen LogP contribution in [0.4, 0.5) is 0 Å². The largest absolute Gasteiger partial charge is 0.391 e. The molecule has 0 radical (unpaired) electrons. The normalized spacial score (nSPS) is 23.0. The first kappa shape index (κ1) is 15.5. The Labute approximate surface area is 132 Å². The van der Waals surface area contributed by atoms with Crippen LogP contribution in [-0.4, -0.2) is 19.7 Å². The second-order valence-corrected chi connectivity index (χ2v) is 7.47. The van der Waals surface area contributed by atoms with Crippen molar-refractivity contribution >= 4 is 5.65 Å². The minimum absolute atomic E-state index is 0.00386. The van der Waals surface area contributed by atoms with Crippen molar-refractivity contribution in [3.05, 3.63) is 29.7 Å². The minimum atomic E-state index is -0.00386. The van der Waals surface area contributed by atoms with Gasteiger partial charge in [0, 0.05) is 23.4 Å². The number of rotatable bonds is 2. The van der Waals surface area contributed by atoms with Crippen molar-refractivity contribution in [1.29, 1.82) is 0 Å². The molecule has 0 saturated heterocycles. The molecule has 0 aliphatic heterocycles. The molecule has 2 aromatic heterocycles. The Morgan fingerprint density at radius 1 is 1.27 bits per heavy atom. The van der Waals surface area contributed by atoms with Crippen molar-refractivity contribution in [2.45, 2.75) is 71.3 Å². The van der Waals surface area contributed by atoms with Crippen molar-refractivity contribution < 1.29 is 5.11 Å². The minimum Gasteiger partial charge on any atom is -0.391 e. The molecule has 3 rings (SSSR count). The topological polar surface area (TPSA) is 50.4 Å². The van der Waals surface area contributed by atoms with Crippen molar-refractivity contribution in [3.8, 4) is 0 Å². The van der Waals surface area contributed by atoms with Crippen molar-refractivity contribution in [1.82, 2.24) is 14.6 Å². The van der Waals surface area contributed by atoms with E-state index in [4.69, 9.17) is 4.98 Å². The maximum absolute atomic E-state index is 9.43. The molecular weight excluding hydrogens is 274 g/mol. The van der Waals surface area contributed by atoms with Crippen LogP contribution in [0.15, 0.2) is 18.5 Å². The second kappa shape index (κ2) is 6.37. The Hall–Kier alpha value is -1.42. The third-order valence-corrected chi connectivity index (χ3v) is 5.01. The summed E-state index contributed by atoms with van der Waals surface area (Å²) in [5, 5.41) is 13.7. The van der Waals surface area contributed by atoms with Gasteiger partial charge < -0.3 is 5.11 Å². The molecular formula is C18H27N3O. The van der Waals surface area contributed by atoms with Crippen LogP contribution in [0.3, 0.4) is 0 Å². The fraction of sp³-hybridized carbons (Fsp3) is 0.667. The summed E-state index contributed by atoms with van der Waals surface area (Å²) in [5.41, 5.74) is 3.16. The SMILES string of the molecule is CC1(C)CCCCCCC(c2ccn3ncc(CO)c3n2)C1. The number of aromatic nitrogens is 3. The zero-order valence-corrected chi connectivity index (χ0v) is 13.8. The number of nitrogens with zero attached hydrogens (tertiary/aromatic N) is 3. The van der Waals surface area contributed by atoms with Gasteiger partial charge in [-0.15, -0.1) is 0 Å².